The van der Waals surface area contributed by atoms with Crippen molar-refractivity contribution in [1.29, 1.82) is 0 Å². The van der Waals surface area contributed by atoms with Gasteiger partial charge in [0.15, 0.2) is 0 Å². The summed E-state index contributed by atoms with van der Waals surface area (Å²) in [6, 6.07) is 4.98. The molecule has 0 radical (unpaired) electrons. The van der Waals surface area contributed by atoms with Crippen LogP contribution in [0.1, 0.15) is 26.2 Å². The van der Waals surface area contributed by atoms with Crippen molar-refractivity contribution in [3.63, 3.8) is 0 Å². The summed E-state index contributed by atoms with van der Waals surface area (Å²) in [5.74, 6) is 0. The summed E-state index contributed by atoms with van der Waals surface area (Å²) < 4.78 is 29.4. The van der Waals surface area contributed by atoms with Crippen molar-refractivity contribution in [1.82, 2.24) is 8.87 Å². The van der Waals surface area contributed by atoms with Crippen molar-refractivity contribution in [2.45, 2.75) is 37.1 Å². The Bertz CT molecular complexity index is 836. The van der Waals surface area contributed by atoms with Crippen LogP contribution in [0.5, 0.6) is 0 Å². The first-order valence-electron chi connectivity index (χ1n) is 7.02. The normalized spacial score (nSPS) is 21.0. The molecule has 7 heteroatoms. The van der Waals surface area contributed by atoms with Crippen LogP contribution in [0.25, 0.3) is 10.2 Å². The van der Waals surface area contributed by atoms with E-state index in [4.69, 9.17) is 0 Å². The quantitative estimate of drug-likeness (QED) is 0.850. The number of aromatic nitrogens is 1. The first-order valence-corrected chi connectivity index (χ1v) is 9.28. The largest absolute Gasteiger partial charge is 0.307 e. The van der Waals surface area contributed by atoms with E-state index in [0.717, 1.165) is 36.1 Å². The summed E-state index contributed by atoms with van der Waals surface area (Å²) in [4.78, 5) is 11.9. The zero-order valence-corrected chi connectivity index (χ0v) is 13.7. The predicted octanol–water partition coefficient (Wildman–Crippen LogP) is 2.16. The maximum Gasteiger partial charge on any atom is 0.307 e. The molecule has 1 aliphatic rings. The fourth-order valence-corrected chi connectivity index (χ4v) is 5.56. The lowest BCUT2D eigenvalue weighted by Gasteiger charge is -2.32. The third-order valence-corrected chi connectivity index (χ3v) is 7.12. The van der Waals surface area contributed by atoms with Gasteiger partial charge in [-0.15, -0.1) is 0 Å². The van der Waals surface area contributed by atoms with Gasteiger partial charge in [0.05, 0.1) is 15.1 Å². The maximum atomic E-state index is 12.8. The lowest BCUT2D eigenvalue weighted by molar-refractivity contribution is 0.268. The van der Waals surface area contributed by atoms with Gasteiger partial charge in [-0.2, -0.15) is 4.31 Å². The molecule has 0 bridgehead atoms. The molecule has 1 unspecified atom stereocenters. The van der Waals surface area contributed by atoms with Crippen molar-refractivity contribution in [3.05, 3.63) is 27.9 Å². The smallest absolute Gasteiger partial charge is 0.302 e. The van der Waals surface area contributed by atoms with Crippen LogP contribution >= 0.6 is 11.3 Å². The minimum atomic E-state index is -3.48. The van der Waals surface area contributed by atoms with Gasteiger partial charge < -0.3 is 4.57 Å². The average molecular weight is 326 g/mol. The number of hydrogen-bond acceptors (Lipinski definition) is 4. The van der Waals surface area contributed by atoms with Crippen LogP contribution < -0.4 is 4.87 Å². The van der Waals surface area contributed by atoms with E-state index in [0.29, 0.717) is 11.2 Å². The van der Waals surface area contributed by atoms with Gasteiger partial charge in [0, 0.05) is 19.6 Å². The highest BCUT2D eigenvalue weighted by Crippen LogP contribution is 2.27. The highest BCUT2D eigenvalue weighted by molar-refractivity contribution is 7.89. The number of piperidine rings is 1. The minimum Gasteiger partial charge on any atom is -0.302 e. The number of rotatable bonds is 2. The molecule has 1 saturated heterocycles. The molecule has 2 aromatic rings. The van der Waals surface area contributed by atoms with Crippen LogP contribution in [0.2, 0.25) is 0 Å². The number of hydrogen-bond donors (Lipinski definition) is 0. The average Bonchev–Trinajstić information content (AvgIpc) is 2.74. The van der Waals surface area contributed by atoms with Crippen LogP contribution in [0.3, 0.4) is 0 Å². The second-order valence-electron chi connectivity index (χ2n) is 5.52. The van der Waals surface area contributed by atoms with Crippen molar-refractivity contribution in [2.24, 2.45) is 7.05 Å². The van der Waals surface area contributed by atoms with E-state index >= 15 is 0 Å². The topological polar surface area (TPSA) is 59.4 Å². The van der Waals surface area contributed by atoms with Crippen molar-refractivity contribution >= 4 is 31.6 Å². The van der Waals surface area contributed by atoms with E-state index in [1.807, 2.05) is 6.92 Å². The molecular weight excluding hydrogens is 308 g/mol. The maximum absolute atomic E-state index is 12.8. The Morgan fingerprint density at radius 3 is 2.76 bits per heavy atom. The molecule has 3 rings (SSSR count). The minimum absolute atomic E-state index is 0.0361. The highest BCUT2D eigenvalue weighted by Gasteiger charge is 2.31. The van der Waals surface area contributed by atoms with E-state index in [9.17, 15) is 13.2 Å². The van der Waals surface area contributed by atoms with E-state index in [-0.39, 0.29) is 15.8 Å². The molecule has 0 aliphatic carbocycles. The van der Waals surface area contributed by atoms with Gasteiger partial charge in [-0.25, -0.2) is 8.42 Å². The van der Waals surface area contributed by atoms with Crippen LogP contribution in [-0.4, -0.2) is 29.9 Å². The number of aryl methyl sites for hydroxylation is 1. The van der Waals surface area contributed by atoms with Gasteiger partial charge in [0.2, 0.25) is 10.0 Å². The molecule has 1 aromatic carbocycles. The van der Waals surface area contributed by atoms with Crippen LogP contribution in [-0.2, 0) is 17.1 Å². The van der Waals surface area contributed by atoms with Crippen molar-refractivity contribution in [3.8, 4) is 0 Å². The highest BCUT2D eigenvalue weighted by atomic mass is 32.2. The number of benzene rings is 1. The number of fused-ring (bicyclic) bond motifs is 1. The number of sulfonamides is 1. The molecule has 0 spiro atoms. The van der Waals surface area contributed by atoms with E-state index < -0.39 is 10.0 Å². The summed E-state index contributed by atoms with van der Waals surface area (Å²) in [6.45, 7) is 2.53. The van der Waals surface area contributed by atoms with Gasteiger partial charge in [0.1, 0.15) is 0 Å². The van der Waals surface area contributed by atoms with Crippen LogP contribution in [0, 0.1) is 0 Å². The Kier molecular flexibility index (Phi) is 3.67. The summed E-state index contributed by atoms with van der Waals surface area (Å²) in [6.07, 6.45) is 2.89. The monoisotopic (exact) mass is 326 g/mol. The van der Waals surface area contributed by atoms with Gasteiger partial charge in [0.25, 0.3) is 0 Å². The van der Waals surface area contributed by atoms with E-state index in [2.05, 4.69) is 0 Å². The van der Waals surface area contributed by atoms with E-state index in [1.165, 1.54) is 0 Å². The lowest BCUT2D eigenvalue weighted by Crippen LogP contribution is -2.41. The second-order valence-corrected chi connectivity index (χ2v) is 8.40. The third kappa shape index (κ3) is 2.43. The molecule has 1 atom stereocenters. The fraction of sp³-hybridized carbons (Fsp3) is 0.500. The predicted molar refractivity (Wildman–Crippen MR) is 84.3 cm³/mol. The van der Waals surface area contributed by atoms with Crippen LogP contribution in [0.4, 0.5) is 0 Å². The van der Waals surface area contributed by atoms with Crippen molar-refractivity contribution in [2.75, 3.05) is 6.54 Å². The molecule has 1 aromatic heterocycles. The van der Waals surface area contributed by atoms with Crippen molar-refractivity contribution < 1.29 is 8.42 Å². The molecule has 114 valence electrons. The Morgan fingerprint density at radius 1 is 1.29 bits per heavy atom. The molecule has 1 fully saturated rings. The Hall–Kier alpha value is -1.18. The molecular formula is C14H18N2O3S2. The van der Waals surface area contributed by atoms with E-state index in [1.54, 1.807) is 34.1 Å². The molecule has 2 heterocycles. The first kappa shape index (κ1) is 14.7. The summed E-state index contributed by atoms with van der Waals surface area (Å²) >= 11 is 1.08. The number of thiazole rings is 1. The summed E-state index contributed by atoms with van der Waals surface area (Å²) in [5.41, 5.74) is 0.774. The summed E-state index contributed by atoms with van der Waals surface area (Å²) in [5, 5.41) is 0. The molecule has 0 saturated carbocycles. The fourth-order valence-electron chi connectivity index (χ4n) is 2.84. The lowest BCUT2D eigenvalue weighted by atomic mass is 10.1. The van der Waals surface area contributed by atoms with Gasteiger partial charge in [-0.05, 0) is 38.0 Å². The molecule has 1 aliphatic heterocycles. The Labute approximate surface area is 127 Å². The zero-order chi connectivity index (χ0) is 15.2. The number of nitrogens with zero attached hydrogens (tertiary/aromatic N) is 2. The Morgan fingerprint density at radius 2 is 2.05 bits per heavy atom. The molecule has 0 amide bonds. The SMILES string of the molecule is CC1CCCCN1S(=O)(=O)c1ccc2c(c1)sc(=O)n2C. The Balaban J connectivity index is 2.08. The summed E-state index contributed by atoms with van der Waals surface area (Å²) in [7, 11) is -1.78. The van der Waals surface area contributed by atoms with Gasteiger partial charge in [-0.3, -0.25) is 4.79 Å². The molecule has 0 N–H and O–H groups in total. The van der Waals surface area contributed by atoms with Gasteiger partial charge >= 0.3 is 4.87 Å². The third-order valence-electron chi connectivity index (χ3n) is 4.11. The molecule has 21 heavy (non-hydrogen) atoms. The van der Waals surface area contributed by atoms with Crippen LogP contribution in [0.15, 0.2) is 27.9 Å². The second kappa shape index (κ2) is 5.23. The first-order chi connectivity index (χ1) is 9.91. The molecule has 5 nitrogen and oxygen atoms in total. The zero-order valence-electron chi connectivity index (χ0n) is 12.1. The standard InChI is InChI=1S/C14H18N2O3S2/c1-10-5-3-4-8-16(10)21(18,19)11-6-7-12-13(9-11)20-14(17)15(12)2/h6-7,9-10H,3-5,8H2,1-2H3. The van der Waals surface area contributed by atoms with Gasteiger partial charge in [-0.1, -0.05) is 17.8 Å².